The van der Waals surface area contributed by atoms with Gasteiger partial charge < -0.3 is 9.32 Å². The first kappa shape index (κ1) is 29.5. The number of anilines is 3. The van der Waals surface area contributed by atoms with Gasteiger partial charge in [-0.3, -0.25) is 0 Å². The normalized spacial score (nSPS) is 13.1. The topological polar surface area (TPSA) is 16.4 Å². The standard InChI is InChI=1S/C49H35NO/c1-49(2)44-19-11-9-17-39(44)40-28-26-37(31-45(40)49)50(36-24-21-33(22-25-36)32-13-5-3-6-14-32)38-29-35-23-27-42-41-18-10-12-20-46(41)51-48(42)47(35)43(30-38)34-15-7-4-8-16-34/h3-31H,1-2H3. The molecule has 0 saturated carbocycles. The first-order chi connectivity index (χ1) is 25.0. The predicted octanol–water partition coefficient (Wildman–Crippen LogP) is 13.8. The summed E-state index contributed by atoms with van der Waals surface area (Å²) in [6.07, 6.45) is 0. The Balaban J connectivity index is 1.23. The van der Waals surface area contributed by atoms with Gasteiger partial charge >= 0.3 is 0 Å². The van der Waals surface area contributed by atoms with Crippen molar-refractivity contribution in [2.45, 2.75) is 19.3 Å². The predicted molar refractivity (Wildman–Crippen MR) is 214 cm³/mol. The fraction of sp³-hybridized carbons (Fsp3) is 0.0612. The van der Waals surface area contributed by atoms with Crippen molar-refractivity contribution in [3.8, 4) is 33.4 Å². The lowest BCUT2D eigenvalue weighted by atomic mass is 9.82. The fourth-order valence-electron chi connectivity index (χ4n) is 8.31. The minimum atomic E-state index is -0.115. The highest BCUT2D eigenvalue weighted by Crippen LogP contribution is 2.51. The van der Waals surface area contributed by atoms with Gasteiger partial charge in [-0.1, -0.05) is 141 Å². The molecule has 242 valence electrons. The van der Waals surface area contributed by atoms with Crippen molar-refractivity contribution in [1.82, 2.24) is 0 Å². The van der Waals surface area contributed by atoms with Gasteiger partial charge in [-0.05, 0) is 98.4 Å². The summed E-state index contributed by atoms with van der Waals surface area (Å²) in [4.78, 5) is 2.42. The van der Waals surface area contributed by atoms with Crippen LogP contribution in [0.25, 0.3) is 66.1 Å². The van der Waals surface area contributed by atoms with Gasteiger partial charge in [0, 0.05) is 38.6 Å². The summed E-state index contributed by atoms with van der Waals surface area (Å²) in [5.41, 5.74) is 15.1. The van der Waals surface area contributed by atoms with Crippen LogP contribution in [-0.2, 0) is 5.41 Å². The molecule has 0 N–H and O–H groups in total. The number of benzene rings is 8. The van der Waals surface area contributed by atoms with Gasteiger partial charge in [0.05, 0.1) is 0 Å². The number of fused-ring (bicyclic) bond motifs is 8. The second-order valence-corrected chi connectivity index (χ2v) is 14.1. The highest BCUT2D eigenvalue weighted by atomic mass is 16.3. The maximum absolute atomic E-state index is 6.64. The zero-order valence-corrected chi connectivity index (χ0v) is 28.6. The van der Waals surface area contributed by atoms with E-state index in [0.717, 1.165) is 60.9 Å². The molecule has 0 radical (unpaired) electrons. The summed E-state index contributed by atoms with van der Waals surface area (Å²) in [7, 11) is 0. The van der Waals surface area contributed by atoms with E-state index in [9.17, 15) is 0 Å². The van der Waals surface area contributed by atoms with Crippen molar-refractivity contribution in [3.63, 3.8) is 0 Å². The molecule has 1 aliphatic rings. The molecule has 0 bridgehead atoms. The van der Waals surface area contributed by atoms with Crippen molar-refractivity contribution >= 4 is 49.8 Å². The molecule has 1 heterocycles. The number of hydrogen-bond donors (Lipinski definition) is 0. The minimum absolute atomic E-state index is 0.115. The summed E-state index contributed by atoms with van der Waals surface area (Å²) in [6, 6.07) is 63.7. The van der Waals surface area contributed by atoms with Crippen molar-refractivity contribution in [3.05, 3.63) is 187 Å². The minimum Gasteiger partial charge on any atom is -0.455 e. The van der Waals surface area contributed by atoms with Gasteiger partial charge in [0.15, 0.2) is 0 Å². The fourth-order valence-corrected chi connectivity index (χ4v) is 8.31. The second-order valence-electron chi connectivity index (χ2n) is 14.1. The van der Waals surface area contributed by atoms with Crippen molar-refractivity contribution in [2.75, 3.05) is 4.90 Å². The van der Waals surface area contributed by atoms with Crippen LogP contribution in [0.1, 0.15) is 25.0 Å². The summed E-state index contributed by atoms with van der Waals surface area (Å²) in [5, 5.41) is 4.54. The van der Waals surface area contributed by atoms with E-state index in [1.165, 1.54) is 33.4 Å². The summed E-state index contributed by atoms with van der Waals surface area (Å²) < 4.78 is 6.64. The molecule has 0 saturated heterocycles. The van der Waals surface area contributed by atoms with Crippen molar-refractivity contribution < 1.29 is 4.42 Å². The quantitative estimate of drug-likeness (QED) is 0.184. The van der Waals surface area contributed by atoms with Crippen LogP contribution in [0.5, 0.6) is 0 Å². The number of nitrogens with zero attached hydrogens (tertiary/aromatic N) is 1. The number of furan rings is 1. The molecule has 51 heavy (non-hydrogen) atoms. The number of para-hydroxylation sites is 1. The molecule has 0 amide bonds. The average molecular weight is 654 g/mol. The Bertz CT molecular complexity index is 2760. The molecular weight excluding hydrogens is 619 g/mol. The van der Waals surface area contributed by atoms with E-state index < -0.39 is 0 Å². The Hall–Kier alpha value is -6.38. The van der Waals surface area contributed by atoms with Crippen LogP contribution in [-0.4, -0.2) is 0 Å². The van der Waals surface area contributed by atoms with Gasteiger partial charge in [0.2, 0.25) is 0 Å². The Kier molecular flexibility index (Phi) is 6.56. The lowest BCUT2D eigenvalue weighted by Gasteiger charge is -2.29. The van der Waals surface area contributed by atoms with E-state index in [0.29, 0.717) is 0 Å². The number of rotatable bonds is 5. The zero-order valence-electron chi connectivity index (χ0n) is 28.6. The molecule has 0 spiro atoms. The molecule has 0 unspecified atom stereocenters. The molecule has 2 nitrogen and oxygen atoms in total. The largest absolute Gasteiger partial charge is 0.455 e. The van der Waals surface area contributed by atoms with E-state index in [1.54, 1.807) is 0 Å². The highest BCUT2D eigenvalue weighted by molar-refractivity contribution is 6.19. The molecule has 1 aliphatic carbocycles. The summed E-state index contributed by atoms with van der Waals surface area (Å²) in [5.74, 6) is 0. The van der Waals surface area contributed by atoms with Crippen molar-refractivity contribution in [2.24, 2.45) is 0 Å². The number of hydrogen-bond acceptors (Lipinski definition) is 2. The molecular formula is C49H35NO. The van der Waals surface area contributed by atoms with Crippen LogP contribution < -0.4 is 4.90 Å². The van der Waals surface area contributed by atoms with Crippen LogP contribution in [0, 0.1) is 0 Å². The third-order valence-corrected chi connectivity index (χ3v) is 10.8. The van der Waals surface area contributed by atoms with E-state index in [1.807, 2.05) is 6.07 Å². The van der Waals surface area contributed by atoms with Crippen LogP contribution in [0.15, 0.2) is 180 Å². The summed E-state index contributed by atoms with van der Waals surface area (Å²) in [6.45, 7) is 4.70. The Morgan fingerprint density at radius 2 is 1.08 bits per heavy atom. The highest BCUT2D eigenvalue weighted by Gasteiger charge is 2.35. The molecule has 0 aliphatic heterocycles. The second kappa shape index (κ2) is 11.3. The maximum atomic E-state index is 6.64. The Morgan fingerprint density at radius 3 is 1.88 bits per heavy atom. The third kappa shape index (κ3) is 4.64. The smallest absolute Gasteiger partial charge is 0.143 e. The average Bonchev–Trinajstić information content (AvgIpc) is 3.68. The van der Waals surface area contributed by atoms with Gasteiger partial charge in [-0.15, -0.1) is 0 Å². The van der Waals surface area contributed by atoms with Crippen LogP contribution in [0.4, 0.5) is 17.1 Å². The van der Waals surface area contributed by atoms with Crippen LogP contribution in [0.2, 0.25) is 0 Å². The Labute approximate surface area is 297 Å². The monoisotopic (exact) mass is 653 g/mol. The molecule has 8 aromatic carbocycles. The molecule has 2 heteroatoms. The molecule has 10 rings (SSSR count). The lowest BCUT2D eigenvalue weighted by Crippen LogP contribution is -2.16. The van der Waals surface area contributed by atoms with Crippen molar-refractivity contribution in [1.29, 1.82) is 0 Å². The van der Waals surface area contributed by atoms with Gasteiger partial charge in [0.1, 0.15) is 11.2 Å². The first-order valence-electron chi connectivity index (χ1n) is 17.7. The van der Waals surface area contributed by atoms with Gasteiger partial charge in [-0.2, -0.15) is 0 Å². The first-order valence-corrected chi connectivity index (χ1v) is 17.7. The van der Waals surface area contributed by atoms with E-state index in [-0.39, 0.29) is 5.41 Å². The molecule has 0 atom stereocenters. The zero-order chi connectivity index (χ0) is 34.1. The SMILES string of the molecule is CC1(C)c2ccccc2-c2ccc(N(c3ccc(-c4ccccc4)cc3)c3cc(-c4ccccc4)c4c(ccc5c6ccccc6oc54)c3)cc21. The molecule has 9 aromatic rings. The Morgan fingerprint density at radius 1 is 0.431 bits per heavy atom. The van der Waals surface area contributed by atoms with E-state index >= 15 is 0 Å². The third-order valence-electron chi connectivity index (χ3n) is 10.8. The molecule has 1 aromatic heterocycles. The van der Waals surface area contributed by atoms with Gasteiger partial charge in [-0.25, -0.2) is 0 Å². The van der Waals surface area contributed by atoms with Crippen LogP contribution in [0.3, 0.4) is 0 Å². The summed E-state index contributed by atoms with van der Waals surface area (Å²) >= 11 is 0. The van der Waals surface area contributed by atoms with Gasteiger partial charge in [0.25, 0.3) is 0 Å². The maximum Gasteiger partial charge on any atom is 0.143 e. The van der Waals surface area contributed by atoms with E-state index in [2.05, 4.69) is 189 Å². The lowest BCUT2D eigenvalue weighted by molar-refractivity contribution is 0.660. The van der Waals surface area contributed by atoms with Crippen LogP contribution >= 0.6 is 0 Å². The molecule has 0 fully saturated rings. The van der Waals surface area contributed by atoms with E-state index in [4.69, 9.17) is 4.42 Å².